The third-order valence-corrected chi connectivity index (χ3v) is 4.64. The van der Waals surface area contributed by atoms with E-state index in [9.17, 15) is 9.18 Å². The van der Waals surface area contributed by atoms with Crippen molar-refractivity contribution < 1.29 is 13.7 Å². The highest BCUT2D eigenvalue weighted by Gasteiger charge is 2.34. The number of hydrogen-bond acceptors (Lipinski definition) is 4. The first-order valence-corrected chi connectivity index (χ1v) is 8.58. The van der Waals surface area contributed by atoms with E-state index in [0.29, 0.717) is 28.8 Å². The average molecular weight is 372 g/mol. The number of carbonyl (C=O) groups is 1. The van der Waals surface area contributed by atoms with E-state index >= 15 is 0 Å². The van der Waals surface area contributed by atoms with Crippen LogP contribution in [0.4, 0.5) is 4.39 Å². The van der Waals surface area contributed by atoms with E-state index in [0.717, 1.165) is 5.56 Å². The highest BCUT2D eigenvalue weighted by molar-refractivity contribution is 6.30. The summed E-state index contributed by atoms with van der Waals surface area (Å²) in [6.07, 6.45) is 0.269. The first-order valence-electron chi connectivity index (χ1n) is 8.21. The summed E-state index contributed by atoms with van der Waals surface area (Å²) < 4.78 is 19.2. The Balaban J connectivity index is 1.50. The molecule has 1 unspecified atom stereocenters. The molecule has 1 aromatic heterocycles. The molecular formula is C19H15ClFN3O2. The standard InChI is InChI=1S/C19H15ClFN3O2/c20-15-6-3-5-12(8-15)18-22-19(26-23-18)14-9-17(25)24(11-14)10-13-4-1-2-7-16(13)21/h1-8,14H,9-11H2. The molecule has 1 fully saturated rings. The van der Waals surface area contributed by atoms with Gasteiger partial charge in [0.25, 0.3) is 0 Å². The summed E-state index contributed by atoms with van der Waals surface area (Å²) in [5.41, 5.74) is 1.24. The van der Waals surface area contributed by atoms with Gasteiger partial charge in [-0.15, -0.1) is 0 Å². The number of halogens is 2. The van der Waals surface area contributed by atoms with E-state index in [1.807, 2.05) is 12.1 Å². The van der Waals surface area contributed by atoms with E-state index in [2.05, 4.69) is 10.1 Å². The number of amides is 1. The molecule has 0 radical (unpaired) electrons. The van der Waals surface area contributed by atoms with Gasteiger partial charge in [0.1, 0.15) is 5.82 Å². The third-order valence-electron chi connectivity index (χ3n) is 4.41. The molecule has 5 nitrogen and oxygen atoms in total. The zero-order valence-corrected chi connectivity index (χ0v) is 14.5. The predicted octanol–water partition coefficient (Wildman–Crippen LogP) is 4.05. The minimum absolute atomic E-state index is 0.0549. The van der Waals surface area contributed by atoms with Crippen LogP contribution in [-0.4, -0.2) is 27.5 Å². The molecule has 0 spiro atoms. The van der Waals surface area contributed by atoms with Crippen LogP contribution in [0.3, 0.4) is 0 Å². The molecule has 1 aliphatic rings. The minimum Gasteiger partial charge on any atom is -0.339 e. The van der Waals surface area contributed by atoms with Crippen LogP contribution in [0, 0.1) is 5.82 Å². The van der Waals surface area contributed by atoms with Gasteiger partial charge in [0.15, 0.2) is 0 Å². The van der Waals surface area contributed by atoms with E-state index in [1.54, 1.807) is 35.2 Å². The van der Waals surface area contributed by atoms with E-state index < -0.39 is 0 Å². The Hall–Kier alpha value is -2.73. The fraction of sp³-hybridized carbons (Fsp3) is 0.211. The maximum absolute atomic E-state index is 13.8. The van der Waals surface area contributed by atoms with Crippen LogP contribution in [0.2, 0.25) is 5.02 Å². The average Bonchev–Trinajstić information content (AvgIpc) is 3.24. The smallest absolute Gasteiger partial charge is 0.232 e. The van der Waals surface area contributed by atoms with E-state index in [4.69, 9.17) is 16.1 Å². The van der Waals surface area contributed by atoms with Gasteiger partial charge in [-0.2, -0.15) is 4.98 Å². The van der Waals surface area contributed by atoms with Crippen molar-refractivity contribution in [2.75, 3.05) is 6.54 Å². The summed E-state index contributed by atoms with van der Waals surface area (Å²) in [6.45, 7) is 0.654. The van der Waals surface area contributed by atoms with Gasteiger partial charge in [-0.25, -0.2) is 4.39 Å². The Morgan fingerprint density at radius 2 is 2.08 bits per heavy atom. The van der Waals surface area contributed by atoms with Crippen LogP contribution in [0.1, 0.15) is 23.8 Å². The zero-order valence-electron chi connectivity index (χ0n) is 13.7. The molecule has 2 heterocycles. The largest absolute Gasteiger partial charge is 0.339 e. The Bertz CT molecular complexity index is 959. The molecule has 0 saturated carbocycles. The summed E-state index contributed by atoms with van der Waals surface area (Å²) in [4.78, 5) is 18.3. The van der Waals surface area contributed by atoms with Crippen molar-refractivity contribution in [2.45, 2.75) is 18.9 Å². The second-order valence-corrected chi connectivity index (χ2v) is 6.67. The minimum atomic E-state index is -0.315. The highest BCUT2D eigenvalue weighted by atomic mass is 35.5. The van der Waals surface area contributed by atoms with Crippen molar-refractivity contribution in [3.63, 3.8) is 0 Å². The molecule has 26 heavy (non-hydrogen) atoms. The molecule has 0 N–H and O–H groups in total. The molecule has 1 atom stereocenters. The molecule has 0 bridgehead atoms. The molecule has 2 aromatic carbocycles. The molecule has 7 heteroatoms. The first-order chi connectivity index (χ1) is 12.6. The molecule has 3 aromatic rings. The van der Waals surface area contributed by atoms with Gasteiger partial charge in [0.05, 0.1) is 5.92 Å². The topological polar surface area (TPSA) is 59.2 Å². The van der Waals surface area contributed by atoms with E-state index in [1.165, 1.54) is 6.07 Å². The maximum Gasteiger partial charge on any atom is 0.232 e. The van der Waals surface area contributed by atoms with Crippen molar-refractivity contribution in [1.82, 2.24) is 15.0 Å². The molecular weight excluding hydrogens is 357 g/mol. The van der Waals surface area contributed by atoms with Gasteiger partial charge >= 0.3 is 0 Å². The number of benzene rings is 2. The number of rotatable bonds is 4. The lowest BCUT2D eigenvalue weighted by atomic mass is 10.1. The van der Waals surface area contributed by atoms with Crippen molar-refractivity contribution >= 4 is 17.5 Å². The summed E-state index contributed by atoms with van der Waals surface area (Å²) in [7, 11) is 0. The second-order valence-electron chi connectivity index (χ2n) is 6.23. The molecule has 4 rings (SSSR count). The van der Waals surface area contributed by atoms with Crippen LogP contribution in [0.25, 0.3) is 11.4 Å². The quantitative estimate of drug-likeness (QED) is 0.694. The fourth-order valence-corrected chi connectivity index (χ4v) is 3.26. The summed E-state index contributed by atoms with van der Waals surface area (Å²) >= 11 is 5.99. The Morgan fingerprint density at radius 1 is 1.23 bits per heavy atom. The lowest BCUT2D eigenvalue weighted by Crippen LogP contribution is -2.24. The Labute approximate surface area is 154 Å². The molecule has 1 aliphatic heterocycles. The number of likely N-dealkylation sites (tertiary alicyclic amines) is 1. The van der Waals surface area contributed by atoms with Crippen molar-refractivity contribution in [3.05, 3.63) is 70.8 Å². The SMILES string of the molecule is O=C1CC(c2nc(-c3cccc(Cl)c3)no2)CN1Cc1ccccc1F. The number of carbonyl (C=O) groups excluding carboxylic acids is 1. The lowest BCUT2D eigenvalue weighted by Gasteiger charge is -2.16. The van der Waals surface area contributed by atoms with Crippen molar-refractivity contribution in [1.29, 1.82) is 0 Å². The molecule has 1 saturated heterocycles. The summed E-state index contributed by atoms with van der Waals surface area (Å²) in [5, 5.41) is 4.57. The predicted molar refractivity (Wildman–Crippen MR) is 93.9 cm³/mol. The van der Waals surface area contributed by atoms with Gasteiger partial charge in [0.2, 0.25) is 17.6 Å². The summed E-state index contributed by atoms with van der Waals surface area (Å²) in [5.74, 6) is 0.270. The van der Waals surface area contributed by atoms with Crippen LogP contribution in [0.5, 0.6) is 0 Å². The highest BCUT2D eigenvalue weighted by Crippen LogP contribution is 2.30. The second kappa shape index (κ2) is 6.88. The Kier molecular flexibility index (Phi) is 4.42. The number of hydrogen-bond donors (Lipinski definition) is 0. The van der Waals surface area contributed by atoms with Crippen molar-refractivity contribution in [2.24, 2.45) is 0 Å². The fourth-order valence-electron chi connectivity index (χ4n) is 3.07. The van der Waals surface area contributed by atoms with Crippen LogP contribution in [0.15, 0.2) is 53.1 Å². The van der Waals surface area contributed by atoms with Crippen LogP contribution < -0.4 is 0 Å². The normalized spacial score (nSPS) is 17.1. The Morgan fingerprint density at radius 3 is 2.88 bits per heavy atom. The maximum atomic E-state index is 13.8. The number of aromatic nitrogens is 2. The van der Waals surface area contributed by atoms with Gasteiger partial charge < -0.3 is 9.42 Å². The van der Waals surface area contributed by atoms with Gasteiger partial charge in [-0.05, 0) is 18.2 Å². The number of nitrogens with zero attached hydrogens (tertiary/aromatic N) is 3. The summed E-state index contributed by atoms with van der Waals surface area (Å²) in [6, 6.07) is 13.6. The molecule has 1 amide bonds. The molecule has 132 valence electrons. The zero-order chi connectivity index (χ0) is 18.1. The molecule has 0 aliphatic carbocycles. The van der Waals surface area contributed by atoms with E-state index in [-0.39, 0.29) is 30.6 Å². The monoisotopic (exact) mass is 371 g/mol. The van der Waals surface area contributed by atoms with Gasteiger partial charge in [-0.3, -0.25) is 4.79 Å². The van der Waals surface area contributed by atoms with Crippen LogP contribution in [-0.2, 0) is 11.3 Å². The first kappa shape index (κ1) is 16.7. The van der Waals surface area contributed by atoms with Crippen molar-refractivity contribution in [3.8, 4) is 11.4 Å². The third kappa shape index (κ3) is 3.32. The van der Waals surface area contributed by atoms with Gasteiger partial charge in [-0.1, -0.05) is 47.1 Å². The van der Waals surface area contributed by atoms with Gasteiger partial charge in [0, 0.05) is 35.7 Å². The van der Waals surface area contributed by atoms with Crippen LogP contribution >= 0.6 is 11.6 Å². The lowest BCUT2D eigenvalue weighted by molar-refractivity contribution is -0.128.